The molecule has 1 aliphatic heterocycles. The van der Waals surface area contributed by atoms with Crippen LogP contribution in [0.1, 0.15) is 23.3 Å². The molecule has 0 amide bonds. The second-order valence-corrected chi connectivity index (χ2v) is 4.34. The number of pyridine rings is 1. The second-order valence-electron chi connectivity index (χ2n) is 4.34. The third-order valence-corrected chi connectivity index (χ3v) is 2.98. The molecule has 0 aromatic carbocycles. The van der Waals surface area contributed by atoms with Gasteiger partial charge in [-0.3, -0.25) is 9.78 Å². The Morgan fingerprint density at radius 2 is 2.28 bits per heavy atom. The van der Waals surface area contributed by atoms with E-state index in [0.717, 1.165) is 38.9 Å². The van der Waals surface area contributed by atoms with E-state index in [4.69, 9.17) is 4.74 Å². The summed E-state index contributed by atoms with van der Waals surface area (Å²) >= 11 is 0. The maximum Gasteiger partial charge on any atom is 0.182 e. The molecule has 2 rings (SSSR count). The van der Waals surface area contributed by atoms with Crippen molar-refractivity contribution in [2.75, 3.05) is 32.8 Å². The van der Waals surface area contributed by atoms with Crippen LogP contribution < -0.4 is 0 Å². The number of halogens is 1. The zero-order valence-corrected chi connectivity index (χ0v) is 10.3. The zero-order valence-electron chi connectivity index (χ0n) is 10.3. The predicted molar refractivity (Wildman–Crippen MR) is 65.0 cm³/mol. The molecule has 1 fully saturated rings. The van der Waals surface area contributed by atoms with Gasteiger partial charge in [-0.05, 0) is 18.6 Å². The van der Waals surface area contributed by atoms with E-state index in [1.165, 1.54) is 12.1 Å². The van der Waals surface area contributed by atoms with Crippen molar-refractivity contribution in [1.29, 1.82) is 0 Å². The monoisotopic (exact) mass is 252 g/mol. The van der Waals surface area contributed by atoms with Gasteiger partial charge in [-0.2, -0.15) is 0 Å². The Morgan fingerprint density at radius 3 is 3.06 bits per heavy atom. The third-order valence-electron chi connectivity index (χ3n) is 2.98. The number of ether oxygens (including phenoxy) is 1. The van der Waals surface area contributed by atoms with Gasteiger partial charge < -0.3 is 9.64 Å². The molecule has 0 unspecified atom stereocenters. The van der Waals surface area contributed by atoms with E-state index in [1.807, 2.05) is 0 Å². The Labute approximate surface area is 106 Å². The first-order chi connectivity index (χ1) is 8.75. The molecule has 5 heteroatoms. The second kappa shape index (κ2) is 6.56. The number of Topliss-reactive ketones (excluding diaryl/α,β-unsaturated/α-hetero) is 1. The van der Waals surface area contributed by atoms with E-state index >= 15 is 0 Å². The fourth-order valence-electron chi connectivity index (χ4n) is 1.95. The topological polar surface area (TPSA) is 42.4 Å². The number of carbonyl (C=O) groups excluding carboxylic acids is 1. The lowest BCUT2D eigenvalue weighted by Gasteiger charge is -2.18. The van der Waals surface area contributed by atoms with Gasteiger partial charge in [0.1, 0.15) is 11.5 Å². The van der Waals surface area contributed by atoms with Crippen molar-refractivity contribution in [3.8, 4) is 0 Å². The van der Waals surface area contributed by atoms with Gasteiger partial charge in [-0.15, -0.1) is 0 Å². The molecule has 0 bridgehead atoms. The molecule has 0 saturated carbocycles. The minimum absolute atomic E-state index is 0.0415. The molecule has 0 N–H and O–H groups in total. The van der Waals surface area contributed by atoms with E-state index in [-0.39, 0.29) is 5.78 Å². The predicted octanol–water partition coefficient (Wildman–Crippen LogP) is 1.52. The van der Waals surface area contributed by atoms with Crippen molar-refractivity contribution in [3.63, 3.8) is 0 Å². The van der Waals surface area contributed by atoms with E-state index in [2.05, 4.69) is 9.88 Å². The van der Waals surface area contributed by atoms with Crippen molar-refractivity contribution in [2.24, 2.45) is 0 Å². The normalized spacial score (nSPS) is 17.4. The van der Waals surface area contributed by atoms with Crippen LogP contribution in [0.3, 0.4) is 0 Å². The first kappa shape index (κ1) is 13.1. The van der Waals surface area contributed by atoms with Crippen molar-refractivity contribution < 1.29 is 13.9 Å². The molecule has 1 aliphatic rings. The minimum atomic E-state index is -0.420. The van der Waals surface area contributed by atoms with Crippen LogP contribution in [0.2, 0.25) is 0 Å². The molecule has 98 valence electrons. The van der Waals surface area contributed by atoms with Crippen LogP contribution in [-0.4, -0.2) is 48.5 Å². The smallest absolute Gasteiger partial charge is 0.182 e. The quantitative estimate of drug-likeness (QED) is 0.762. The first-order valence-corrected chi connectivity index (χ1v) is 6.20. The summed E-state index contributed by atoms with van der Waals surface area (Å²) in [6.45, 7) is 4.06. The molecule has 0 aliphatic carbocycles. The highest BCUT2D eigenvalue weighted by Gasteiger charge is 2.12. The number of hydrogen-bond donors (Lipinski definition) is 0. The van der Waals surface area contributed by atoms with Gasteiger partial charge in [0.05, 0.1) is 12.8 Å². The summed E-state index contributed by atoms with van der Waals surface area (Å²) in [7, 11) is 0. The van der Waals surface area contributed by atoms with Gasteiger partial charge in [-0.1, -0.05) is 0 Å². The summed E-state index contributed by atoms with van der Waals surface area (Å²) in [4.78, 5) is 17.9. The average Bonchev–Trinajstić information content (AvgIpc) is 2.65. The van der Waals surface area contributed by atoms with Gasteiger partial charge >= 0.3 is 0 Å². The number of ketones is 1. The fraction of sp³-hybridized carbons (Fsp3) is 0.538. The van der Waals surface area contributed by atoms with Crippen molar-refractivity contribution in [2.45, 2.75) is 12.8 Å². The van der Waals surface area contributed by atoms with Crippen LogP contribution >= 0.6 is 0 Å². The lowest BCUT2D eigenvalue weighted by Crippen LogP contribution is -2.29. The summed E-state index contributed by atoms with van der Waals surface area (Å²) in [6.07, 6.45) is 2.49. The van der Waals surface area contributed by atoms with E-state index in [9.17, 15) is 9.18 Å². The SMILES string of the molecule is O=C(CCN1CCCOCC1)c1ccc(F)cn1. The van der Waals surface area contributed by atoms with E-state index in [1.54, 1.807) is 0 Å². The fourth-order valence-corrected chi connectivity index (χ4v) is 1.95. The summed E-state index contributed by atoms with van der Waals surface area (Å²) in [5.41, 5.74) is 0.336. The van der Waals surface area contributed by atoms with Crippen molar-refractivity contribution >= 4 is 5.78 Å². The number of rotatable bonds is 4. The Hall–Kier alpha value is -1.33. The summed E-state index contributed by atoms with van der Waals surface area (Å²) in [5, 5.41) is 0. The highest BCUT2D eigenvalue weighted by atomic mass is 19.1. The Bertz CT molecular complexity index is 386. The van der Waals surface area contributed by atoms with Crippen LogP contribution in [0.5, 0.6) is 0 Å². The van der Waals surface area contributed by atoms with Gasteiger partial charge in [-0.25, -0.2) is 4.39 Å². The molecule has 0 spiro atoms. The third kappa shape index (κ3) is 3.85. The Balaban J connectivity index is 1.82. The minimum Gasteiger partial charge on any atom is -0.380 e. The Kier molecular flexibility index (Phi) is 4.78. The number of hydrogen-bond acceptors (Lipinski definition) is 4. The van der Waals surface area contributed by atoms with Gasteiger partial charge in [0, 0.05) is 32.7 Å². The van der Waals surface area contributed by atoms with E-state index < -0.39 is 5.82 Å². The summed E-state index contributed by atoms with van der Waals surface area (Å²) in [6, 6.07) is 2.70. The van der Waals surface area contributed by atoms with Gasteiger partial charge in [0.25, 0.3) is 0 Å². The summed E-state index contributed by atoms with van der Waals surface area (Å²) in [5.74, 6) is -0.462. The lowest BCUT2D eigenvalue weighted by molar-refractivity contribution is 0.0955. The number of nitrogens with zero attached hydrogens (tertiary/aromatic N) is 2. The van der Waals surface area contributed by atoms with Crippen molar-refractivity contribution in [3.05, 3.63) is 29.8 Å². The average molecular weight is 252 g/mol. The summed E-state index contributed by atoms with van der Waals surface area (Å²) < 4.78 is 18.0. The maximum atomic E-state index is 12.7. The number of carbonyl (C=O) groups is 1. The maximum absolute atomic E-state index is 12.7. The molecular weight excluding hydrogens is 235 g/mol. The highest BCUT2D eigenvalue weighted by molar-refractivity contribution is 5.94. The molecule has 1 aromatic heterocycles. The molecule has 18 heavy (non-hydrogen) atoms. The molecule has 1 saturated heterocycles. The van der Waals surface area contributed by atoms with E-state index in [0.29, 0.717) is 18.7 Å². The van der Waals surface area contributed by atoms with Crippen LogP contribution in [0.4, 0.5) is 4.39 Å². The van der Waals surface area contributed by atoms with Crippen LogP contribution in [0.25, 0.3) is 0 Å². The molecule has 4 nitrogen and oxygen atoms in total. The van der Waals surface area contributed by atoms with Gasteiger partial charge in [0.2, 0.25) is 0 Å². The molecule has 1 aromatic rings. The zero-order chi connectivity index (χ0) is 12.8. The van der Waals surface area contributed by atoms with Crippen molar-refractivity contribution in [1.82, 2.24) is 9.88 Å². The standard InChI is InChI=1S/C13H17FN2O2/c14-11-2-3-12(15-10-11)13(17)4-6-16-5-1-8-18-9-7-16/h2-3,10H,1,4-9H2. The van der Waals surface area contributed by atoms with Crippen LogP contribution in [0, 0.1) is 5.82 Å². The highest BCUT2D eigenvalue weighted by Crippen LogP contribution is 2.05. The molecule has 0 radical (unpaired) electrons. The number of aromatic nitrogens is 1. The van der Waals surface area contributed by atoms with Gasteiger partial charge in [0.15, 0.2) is 5.78 Å². The van der Waals surface area contributed by atoms with Crippen LogP contribution in [-0.2, 0) is 4.74 Å². The molecule has 0 atom stereocenters. The van der Waals surface area contributed by atoms with Crippen LogP contribution in [0.15, 0.2) is 18.3 Å². The molecule has 2 heterocycles. The molecular formula is C13H17FN2O2. The lowest BCUT2D eigenvalue weighted by atomic mass is 10.2. The Morgan fingerprint density at radius 1 is 1.39 bits per heavy atom. The first-order valence-electron chi connectivity index (χ1n) is 6.20. The largest absolute Gasteiger partial charge is 0.380 e.